The first-order valence-corrected chi connectivity index (χ1v) is 5.92. The van der Waals surface area contributed by atoms with Crippen molar-refractivity contribution in [2.75, 3.05) is 5.43 Å². The van der Waals surface area contributed by atoms with Gasteiger partial charge in [-0.25, -0.2) is 4.39 Å². The number of nitrogens with one attached hydrogen (secondary N) is 1. The van der Waals surface area contributed by atoms with Gasteiger partial charge in [-0.3, -0.25) is 5.43 Å². The van der Waals surface area contributed by atoms with Crippen LogP contribution in [0.4, 0.5) is 10.1 Å². The first-order chi connectivity index (χ1) is 9.06. The number of phenols is 1. The Morgan fingerprint density at radius 1 is 1.16 bits per heavy atom. The van der Waals surface area contributed by atoms with E-state index in [2.05, 4.69) is 10.5 Å². The first-order valence-electron chi connectivity index (χ1n) is 5.92. The summed E-state index contributed by atoms with van der Waals surface area (Å²) in [6.45, 7) is 3.74. The number of nitrogens with zero attached hydrogens (tertiary/aromatic N) is 1. The first kappa shape index (κ1) is 13.1. The van der Waals surface area contributed by atoms with Crippen LogP contribution in [0.1, 0.15) is 18.1 Å². The fourth-order valence-corrected chi connectivity index (χ4v) is 1.67. The second kappa shape index (κ2) is 5.52. The Bertz CT molecular complexity index is 606. The summed E-state index contributed by atoms with van der Waals surface area (Å²) < 4.78 is 12.8. The molecule has 2 aromatic carbocycles. The molecule has 19 heavy (non-hydrogen) atoms. The average molecular weight is 258 g/mol. The van der Waals surface area contributed by atoms with Gasteiger partial charge in [-0.05, 0) is 50.2 Å². The molecule has 0 bridgehead atoms. The topological polar surface area (TPSA) is 44.6 Å². The Labute approximate surface area is 111 Å². The van der Waals surface area contributed by atoms with Gasteiger partial charge in [0.05, 0.1) is 11.4 Å². The highest BCUT2D eigenvalue weighted by Gasteiger charge is 2.04. The van der Waals surface area contributed by atoms with Gasteiger partial charge in [0, 0.05) is 5.56 Å². The van der Waals surface area contributed by atoms with Gasteiger partial charge in [0.1, 0.15) is 11.6 Å². The number of phenolic OH excluding ortho intramolecular Hbond substituents is 1. The maximum absolute atomic E-state index is 12.8. The fourth-order valence-electron chi connectivity index (χ4n) is 1.67. The third kappa shape index (κ3) is 3.31. The SMILES string of the molecule is C/C(=N\Nc1ccc(F)cc1)c1cc(C)ccc1O. The lowest BCUT2D eigenvalue weighted by atomic mass is 10.1. The molecule has 0 aliphatic carbocycles. The molecule has 0 aliphatic rings. The van der Waals surface area contributed by atoms with E-state index in [9.17, 15) is 9.50 Å². The number of aromatic hydroxyl groups is 1. The van der Waals surface area contributed by atoms with E-state index in [0.717, 1.165) is 5.56 Å². The van der Waals surface area contributed by atoms with Crippen molar-refractivity contribution in [1.29, 1.82) is 0 Å². The second-order valence-corrected chi connectivity index (χ2v) is 4.34. The van der Waals surface area contributed by atoms with Gasteiger partial charge in [-0.1, -0.05) is 11.6 Å². The molecule has 0 aliphatic heterocycles. The summed E-state index contributed by atoms with van der Waals surface area (Å²) >= 11 is 0. The van der Waals surface area contributed by atoms with Crippen LogP contribution < -0.4 is 5.43 Å². The minimum atomic E-state index is -0.289. The minimum Gasteiger partial charge on any atom is -0.507 e. The van der Waals surface area contributed by atoms with E-state index in [1.165, 1.54) is 12.1 Å². The molecule has 0 amide bonds. The molecule has 2 N–H and O–H groups in total. The highest BCUT2D eigenvalue weighted by atomic mass is 19.1. The van der Waals surface area contributed by atoms with Crippen LogP contribution in [0.15, 0.2) is 47.6 Å². The van der Waals surface area contributed by atoms with Crippen molar-refractivity contribution in [2.45, 2.75) is 13.8 Å². The molecule has 3 nitrogen and oxygen atoms in total. The third-order valence-corrected chi connectivity index (χ3v) is 2.74. The third-order valence-electron chi connectivity index (χ3n) is 2.74. The molecule has 0 unspecified atom stereocenters. The molecule has 0 saturated heterocycles. The number of halogens is 1. The highest BCUT2D eigenvalue weighted by Crippen LogP contribution is 2.19. The minimum absolute atomic E-state index is 0.188. The summed E-state index contributed by atoms with van der Waals surface area (Å²) in [5, 5.41) is 14.0. The molecular formula is C15H15FN2O. The molecule has 2 aromatic rings. The maximum Gasteiger partial charge on any atom is 0.124 e. The summed E-state index contributed by atoms with van der Waals surface area (Å²) in [6.07, 6.45) is 0. The van der Waals surface area contributed by atoms with E-state index < -0.39 is 0 Å². The molecule has 2 rings (SSSR count). The lowest BCUT2D eigenvalue weighted by Crippen LogP contribution is -2.00. The largest absolute Gasteiger partial charge is 0.507 e. The molecule has 0 atom stereocenters. The number of benzene rings is 2. The number of hydrogen-bond donors (Lipinski definition) is 2. The zero-order chi connectivity index (χ0) is 13.8. The summed E-state index contributed by atoms with van der Waals surface area (Å²) in [6, 6.07) is 11.3. The number of hydrogen-bond acceptors (Lipinski definition) is 3. The van der Waals surface area contributed by atoms with Crippen molar-refractivity contribution in [3.05, 3.63) is 59.4 Å². The summed E-state index contributed by atoms with van der Waals surface area (Å²) in [7, 11) is 0. The predicted molar refractivity (Wildman–Crippen MR) is 75.1 cm³/mol. The van der Waals surface area contributed by atoms with E-state index in [4.69, 9.17) is 0 Å². The monoisotopic (exact) mass is 258 g/mol. The Morgan fingerprint density at radius 2 is 1.84 bits per heavy atom. The lowest BCUT2D eigenvalue weighted by molar-refractivity contribution is 0.474. The van der Waals surface area contributed by atoms with Crippen LogP contribution in [0.3, 0.4) is 0 Å². The van der Waals surface area contributed by atoms with Gasteiger partial charge < -0.3 is 5.11 Å². The molecule has 0 saturated carbocycles. The molecule has 98 valence electrons. The van der Waals surface area contributed by atoms with Gasteiger partial charge in [0.15, 0.2) is 0 Å². The quantitative estimate of drug-likeness (QED) is 0.651. The number of aryl methyl sites for hydroxylation is 1. The number of anilines is 1. The lowest BCUT2D eigenvalue weighted by Gasteiger charge is -2.06. The fraction of sp³-hybridized carbons (Fsp3) is 0.133. The Balaban J connectivity index is 2.19. The zero-order valence-corrected chi connectivity index (χ0v) is 10.8. The van der Waals surface area contributed by atoms with Crippen molar-refractivity contribution >= 4 is 11.4 Å². The number of rotatable bonds is 3. The summed E-state index contributed by atoms with van der Waals surface area (Å²) in [5.41, 5.74) is 5.89. The standard InChI is InChI=1S/C15H15FN2O/c1-10-3-8-15(19)14(9-10)11(2)17-18-13-6-4-12(16)5-7-13/h3-9,18-19H,1-2H3/b17-11+. The van der Waals surface area contributed by atoms with E-state index >= 15 is 0 Å². The van der Waals surface area contributed by atoms with Crippen LogP contribution in [-0.2, 0) is 0 Å². The van der Waals surface area contributed by atoms with E-state index in [-0.39, 0.29) is 11.6 Å². The van der Waals surface area contributed by atoms with Gasteiger partial charge >= 0.3 is 0 Å². The normalized spacial score (nSPS) is 11.4. The maximum atomic E-state index is 12.8. The smallest absolute Gasteiger partial charge is 0.124 e. The average Bonchev–Trinajstić information content (AvgIpc) is 2.40. The van der Waals surface area contributed by atoms with E-state index in [0.29, 0.717) is 17.0 Å². The van der Waals surface area contributed by atoms with Crippen molar-refractivity contribution in [1.82, 2.24) is 0 Å². The van der Waals surface area contributed by atoms with Crippen LogP contribution in [0.5, 0.6) is 5.75 Å². The Kier molecular flexibility index (Phi) is 3.80. The zero-order valence-electron chi connectivity index (χ0n) is 10.8. The van der Waals surface area contributed by atoms with E-state index in [1.807, 2.05) is 19.1 Å². The van der Waals surface area contributed by atoms with Crippen molar-refractivity contribution < 1.29 is 9.50 Å². The van der Waals surface area contributed by atoms with Crippen molar-refractivity contribution in [2.24, 2.45) is 5.10 Å². The van der Waals surface area contributed by atoms with Crippen LogP contribution in [-0.4, -0.2) is 10.8 Å². The molecular weight excluding hydrogens is 243 g/mol. The molecule has 0 aromatic heterocycles. The summed E-state index contributed by atoms with van der Waals surface area (Å²) in [5.74, 6) is -0.102. The number of hydrazone groups is 1. The molecule has 4 heteroatoms. The highest BCUT2D eigenvalue weighted by molar-refractivity contribution is 6.01. The molecule has 0 heterocycles. The van der Waals surface area contributed by atoms with Crippen molar-refractivity contribution in [3.8, 4) is 5.75 Å². The van der Waals surface area contributed by atoms with Crippen molar-refractivity contribution in [3.63, 3.8) is 0 Å². The second-order valence-electron chi connectivity index (χ2n) is 4.34. The Morgan fingerprint density at radius 3 is 2.53 bits per heavy atom. The van der Waals surface area contributed by atoms with Crippen LogP contribution in [0.25, 0.3) is 0 Å². The van der Waals surface area contributed by atoms with Crippen LogP contribution >= 0.6 is 0 Å². The van der Waals surface area contributed by atoms with Crippen LogP contribution in [0, 0.1) is 12.7 Å². The van der Waals surface area contributed by atoms with Gasteiger partial charge in [-0.15, -0.1) is 0 Å². The predicted octanol–water partition coefficient (Wildman–Crippen LogP) is 3.68. The van der Waals surface area contributed by atoms with E-state index in [1.54, 1.807) is 25.1 Å². The molecule has 0 radical (unpaired) electrons. The van der Waals surface area contributed by atoms with Gasteiger partial charge in [0.2, 0.25) is 0 Å². The van der Waals surface area contributed by atoms with Gasteiger partial charge in [0.25, 0.3) is 0 Å². The molecule has 0 fully saturated rings. The molecule has 0 spiro atoms. The van der Waals surface area contributed by atoms with Gasteiger partial charge in [-0.2, -0.15) is 5.10 Å². The Hall–Kier alpha value is -2.36. The summed E-state index contributed by atoms with van der Waals surface area (Å²) in [4.78, 5) is 0. The van der Waals surface area contributed by atoms with Crippen LogP contribution in [0.2, 0.25) is 0 Å².